The molecular weight excluding hydrogens is 240 g/mol. The summed E-state index contributed by atoms with van der Waals surface area (Å²) < 4.78 is 0. The van der Waals surface area contributed by atoms with Crippen LogP contribution in [0.25, 0.3) is 0 Å². The standard InChI is InChI=1S/C15H30N2S/c1-15(2)7-4-13(5-8-15)17(3)14(10-16)12-6-9-18-11-12/h12-14H,4-11,16H2,1-3H3. The molecule has 2 nitrogen and oxygen atoms in total. The molecule has 2 rings (SSSR count). The van der Waals surface area contributed by atoms with Crippen LogP contribution in [0.5, 0.6) is 0 Å². The van der Waals surface area contributed by atoms with Crippen LogP contribution in [0.3, 0.4) is 0 Å². The quantitative estimate of drug-likeness (QED) is 0.851. The average molecular weight is 270 g/mol. The average Bonchev–Trinajstić information content (AvgIpc) is 2.83. The first-order chi connectivity index (χ1) is 8.53. The normalized spacial score (nSPS) is 30.8. The summed E-state index contributed by atoms with van der Waals surface area (Å²) in [6, 6.07) is 1.39. The predicted octanol–water partition coefficient (Wildman–Crippen LogP) is 2.97. The summed E-state index contributed by atoms with van der Waals surface area (Å²) in [6.45, 7) is 5.66. The highest BCUT2D eigenvalue weighted by atomic mass is 32.2. The molecule has 1 heterocycles. The molecule has 2 fully saturated rings. The Bertz CT molecular complexity index is 251. The molecule has 2 atom stereocenters. The SMILES string of the molecule is CN(C1CCC(C)(C)CC1)C(CN)C1CCSC1. The summed E-state index contributed by atoms with van der Waals surface area (Å²) in [5.41, 5.74) is 6.63. The van der Waals surface area contributed by atoms with E-state index in [1.165, 1.54) is 43.6 Å². The van der Waals surface area contributed by atoms with E-state index in [1.54, 1.807) is 0 Å². The molecule has 0 radical (unpaired) electrons. The maximum Gasteiger partial charge on any atom is 0.0254 e. The van der Waals surface area contributed by atoms with Gasteiger partial charge in [-0.3, -0.25) is 4.90 Å². The zero-order valence-corrected chi connectivity index (χ0v) is 13.1. The lowest BCUT2D eigenvalue weighted by molar-refractivity contribution is 0.0769. The summed E-state index contributed by atoms with van der Waals surface area (Å²) in [5, 5.41) is 0. The third kappa shape index (κ3) is 3.43. The van der Waals surface area contributed by atoms with Crippen LogP contribution in [-0.4, -0.2) is 42.1 Å². The molecule has 0 amide bonds. The maximum atomic E-state index is 6.06. The van der Waals surface area contributed by atoms with Gasteiger partial charge in [0.1, 0.15) is 0 Å². The van der Waals surface area contributed by atoms with E-state index in [-0.39, 0.29) is 0 Å². The van der Waals surface area contributed by atoms with Crippen LogP contribution < -0.4 is 5.73 Å². The number of nitrogens with zero attached hydrogens (tertiary/aromatic N) is 1. The smallest absolute Gasteiger partial charge is 0.0254 e. The first kappa shape index (κ1) is 14.7. The van der Waals surface area contributed by atoms with Gasteiger partial charge in [0.05, 0.1) is 0 Å². The van der Waals surface area contributed by atoms with Gasteiger partial charge < -0.3 is 5.73 Å². The summed E-state index contributed by atoms with van der Waals surface area (Å²) in [5.74, 6) is 3.50. The number of rotatable bonds is 4. The number of hydrogen-bond acceptors (Lipinski definition) is 3. The number of nitrogens with two attached hydrogens (primary N) is 1. The molecule has 0 aromatic carbocycles. The van der Waals surface area contributed by atoms with Crippen molar-refractivity contribution in [2.75, 3.05) is 25.1 Å². The molecular formula is C15H30N2S. The Morgan fingerprint density at radius 3 is 2.44 bits per heavy atom. The molecule has 2 unspecified atom stereocenters. The molecule has 1 aliphatic heterocycles. The Morgan fingerprint density at radius 1 is 1.28 bits per heavy atom. The van der Waals surface area contributed by atoms with Crippen LogP contribution in [0.1, 0.15) is 46.0 Å². The monoisotopic (exact) mass is 270 g/mol. The third-order valence-electron chi connectivity index (χ3n) is 5.16. The molecule has 1 saturated carbocycles. The summed E-state index contributed by atoms with van der Waals surface area (Å²) in [4.78, 5) is 2.63. The lowest BCUT2D eigenvalue weighted by Crippen LogP contribution is -2.50. The fraction of sp³-hybridized carbons (Fsp3) is 1.00. The van der Waals surface area contributed by atoms with Crippen LogP contribution >= 0.6 is 11.8 Å². The number of hydrogen-bond donors (Lipinski definition) is 1. The minimum Gasteiger partial charge on any atom is -0.329 e. The van der Waals surface area contributed by atoms with E-state index < -0.39 is 0 Å². The van der Waals surface area contributed by atoms with Crippen molar-refractivity contribution in [3.8, 4) is 0 Å². The van der Waals surface area contributed by atoms with E-state index >= 15 is 0 Å². The topological polar surface area (TPSA) is 29.3 Å². The fourth-order valence-corrected chi connectivity index (χ4v) is 4.94. The Balaban J connectivity index is 1.90. The van der Waals surface area contributed by atoms with Crippen molar-refractivity contribution in [3.63, 3.8) is 0 Å². The summed E-state index contributed by atoms with van der Waals surface area (Å²) >= 11 is 2.11. The third-order valence-corrected chi connectivity index (χ3v) is 6.35. The Labute approximate surface area is 117 Å². The van der Waals surface area contributed by atoms with Gasteiger partial charge in [-0.15, -0.1) is 0 Å². The second-order valence-corrected chi connectivity index (χ2v) is 8.14. The Kier molecular flexibility index (Phi) is 5.01. The van der Waals surface area contributed by atoms with E-state index in [2.05, 4.69) is 37.6 Å². The van der Waals surface area contributed by atoms with Gasteiger partial charge in [0.25, 0.3) is 0 Å². The van der Waals surface area contributed by atoms with Gasteiger partial charge in [-0.05, 0) is 62.0 Å². The van der Waals surface area contributed by atoms with E-state index in [0.717, 1.165) is 18.5 Å². The molecule has 2 aliphatic rings. The minimum atomic E-state index is 0.568. The zero-order chi connectivity index (χ0) is 13.2. The Hall–Kier alpha value is 0.270. The first-order valence-electron chi connectivity index (χ1n) is 7.53. The van der Waals surface area contributed by atoms with E-state index in [0.29, 0.717) is 11.5 Å². The van der Waals surface area contributed by atoms with E-state index in [4.69, 9.17) is 5.73 Å². The highest BCUT2D eigenvalue weighted by molar-refractivity contribution is 7.99. The molecule has 1 aliphatic carbocycles. The van der Waals surface area contributed by atoms with Crippen LogP contribution in [0.4, 0.5) is 0 Å². The van der Waals surface area contributed by atoms with Gasteiger partial charge in [-0.25, -0.2) is 0 Å². The molecule has 0 aromatic heterocycles. The van der Waals surface area contributed by atoms with Crippen molar-refractivity contribution in [1.82, 2.24) is 4.90 Å². The van der Waals surface area contributed by atoms with Gasteiger partial charge in [0, 0.05) is 18.6 Å². The van der Waals surface area contributed by atoms with Crippen LogP contribution in [-0.2, 0) is 0 Å². The van der Waals surface area contributed by atoms with Crippen LogP contribution in [0, 0.1) is 11.3 Å². The minimum absolute atomic E-state index is 0.568. The van der Waals surface area contributed by atoms with E-state index in [9.17, 15) is 0 Å². The van der Waals surface area contributed by atoms with Crippen molar-refractivity contribution in [3.05, 3.63) is 0 Å². The lowest BCUT2D eigenvalue weighted by Gasteiger charge is -2.43. The van der Waals surface area contributed by atoms with Gasteiger partial charge >= 0.3 is 0 Å². The van der Waals surface area contributed by atoms with Gasteiger partial charge in [-0.1, -0.05) is 13.8 Å². The van der Waals surface area contributed by atoms with Crippen LogP contribution in [0.2, 0.25) is 0 Å². The molecule has 1 saturated heterocycles. The number of likely N-dealkylation sites (N-methyl/N-ethyl adjacent to an activating group) is 1. The number of thioether (sulfide) groups is 1. The Morgan fingerprint density at radius 2 is 1.94 bits per heavy atom. The van der Waals surface area contributed by atoms with E-state index in [1.807, 2.05) is 0 Å². The largest absolute Gasteiger partial charge is 0.329 e. The van der Waals surface area contributed by atoms with Crippen molar-refractivity contribution < 1.29 is 0 Å². The lowest BCUT2D eigenvalue weighted by atomic mass is 9.75. The van der Waals surface area contributed by atoms with Crippen molar-refractivity contribution in [1.29, 1.82) is 0 Å². The fourth-order valence-electron chi connectivity index (χ4n) is 3.61. The second kappa shape index (κ2) is 6.15. The van der Waals surface area contributed by atoms with Gasteiger partial charge in [0.15, 0.2) is 0 Å². The summed E-state index contributed by atoms with van der Waals surface area (Å²) in [6.07, 6.45) is 6.84. The first-order valence-corrected chi connectivity index (χ1v) is 8.69. The molecule has 0 bridgehead atoms. The summed E-state index contributed by atoms with van der Waals surface area (Å²) in [7, 11) is 2.32. The van der Waals surface area contributed by atoms with Crippen LogP contribution in [0.15, 0.2) is 0 Å². The molecule has 0 spiro atoms. The predicted molar refractivity (Wildman–Crippen MR) is 82.1 cm³/mol. The van der Waals surface area contributed by atoms with Crippen molar-refractivity contribution in [2.24, 2.45) is 17.1 Å². The molecule has 18 heavy (non-hydrogen) atoms. The highest BCUT2D eigenvalue weighted by Gasteiger charge is 2.34. The molecule has 2 N–H and O–H groups in total. The van der Waals surface area contributed by atoms with Crippen molar-refractivity contribution in [2.45, 2.75) is 58.0 Å². The molecule has 0 aromatic rings. The van der Waals surface area contributed by atoms with Gasteiger partial charge in [-0.2, -0.15) is 11.8 Å². The molecule has 106 valence electrons. The zero-order valence-electron chi connectivity index (χ0n) is 12.3. The van der Waals surface area contributed by atoms with Crippen molar-refractivity contribution >= 4 is 11.8 Å². The highest BCUT2D eigenvalue weighted by Crippen LogP contribution is 2.38. The maximum absolute atomic E-state index is 6.06. The molecule has 3 heteroatoms. The second-order valence-electron chi connectivity index (χ2n) is 6.99. The van der Waals surface area contributed by atoms with Gasteiger partial charge in [0.2, 0.25) is 0 Å².